The number of hydrogen-bond donors (Lipinski definition) is 0. The molecule has 3 fully saturated rings. The Labute approximate surface area is 123 Å². The van der Waals surface area contributed by atoms with Crippen molar-refractivity contribution in [2.45, 2.75) is 68.7 Å². The predicted octanol–water partition coefficient (Wildman–Crippen LogP) is 3.22. The molecule has 2 heterocycles. The van der Waals surface area contributed by atoms with Gasteiger partial charge in [0.2, 0.25) is 0 Å². The maximum Gasteiger partial charge on any atom is 0.0284 e. The lowest BCUT2D eigenvalue weighted by atomic mass is 9.87. The SMILES string of the molecule is CSC1(CN2CC3CCCN3CC2C)CCCCC1. The Bertz CT molecular complexity index is 301. The average molecular weight is 282 g/mol. The topological polar surface area (TPSA) is 6.48 Å². The van der Waals surface area contributed by atoms with Crippen molar-refractivity contribution in [1.82, 2.24) is 9.80 Å². The van der Waals surface area contributed by atoms with Gasteiger partial charge in [0.15, 0.2) is 0 Å². The molecule has 0 spiro atoms. The summed E-state index contributed by atoms with van der Waals surface area (Å²) in [4.78, 5) is 5.57. The van der Waals surface area contributed by atoms with E-state index >= 15 is 0 Å². The van der Waals surface area contributed by atoms with Gasteiger partial charge in [-0.1, -0.05) is 19.3 Å². The van der Waals surface area contributed by atoms with E-state index in [0.29, 0.717) is 4.75 Å². The zero-order chi connectivity index (χ0) is 13.3. The number of nitrogens with zero attached hydrogens (tertiary/aromatic N) is 2. The minimum Gasteiger partial charge on any atom is -0.298 e. The van der Waals surface area contributed by atoms with Crippen LogP contribution >= 0.6 is 11.8 Å². The summed E-state index contributed by atoms with van der Waals surface area (Å²) in [6.45, 7) is 7.81. The molecule has 0 aromatic carbocycles. The van der Waals surface area contributed by atoms with Crippen molar-refractivity contribution >= 4 is 11.8 Å². The fourth-order valence-electron chi connectivity index (χ4n) is 4.46. The zero-order valence-corrected chi connectivity index (χ0v) is 13.6. The van der Waals surface area contributed by atoms with Crippen molar-refractivity contribution in [2.75, 3.05) is 32.4 Å². The minimum absolute atomic E-state index is 0.577. The molecule has 0 amide bonds. The van der Waals surface area contributed by atoms with E-state index in [1.165, 1.54) is 71.1 Å². The van der Waals surface area contributed by atoms with Gasteiger partial charge in [0.05, 0.1) is 0 Å². The van der Waals surface area contributed by atoms with Crippen LogP contribution in [0.1, 0.15) is 51.9 Å². The summed E-state index contributed by atoms with van der Waals surface area (Å²) >= 11 is 2.16. The molecular weight excluding hydrogens is 252 g/mol. The molecule has 1 saturated carbocycles. The van der Waals surface area contributed by atoms with Gasteiger partial charge in [-0.2, -0.15) is 11.8 Å². The maximum absolute atomic E-state index is 2.83. The second kappa shape index (κ2) is 5.95. The third-order valence-electron chi connectivity index (χ3n) is 5.76. The molecule has 0 radical (unpaired) electrons. The summed E-state index contributed by atoms with van der Waals surface area (Å²) in [7, 11) is 0. The molecular formula is C16H30N2S. The van der Waals surface area contributed by atoms with Crippen LogP contribution in [0, 0.1) is 0 Å². The second-order valence-corrected chi connectivity index (χ2v) is 8.29. The van der Waals surface area contributed by atoms with Crippen LogP contribution < -0.4 is 0 Å². The van der Waals surface area contributed by atoms with Crippen LogP contribution in [0.4, 0.5) is 0 Å². The van der Waals surface area contributed by atoms with Crippen LogP contribution in [-0.2, 0) is 0 Å². The lowest BCUT2D eigenvalue weighted by Gasteiger charge is -2.47. The molecule has 110 valence electrons. The Kier molecular flexibility index (Phi) is 4.45. The first-order chi connectivity index (χ1) is 9.22. The summed E-state index contributed by atoms with van der Waals surface area (Å²) < 4.78 is 0.577. The maximum atomic E-state index is 2.83. The van der Waals surface area contributed by atoms with Gasteiger partial charge in [-0.3, -0.25) is 9.80 Å². The van der Waals surface area contributed by atoms with Crippen molar-refractivity contribution in [3.05, 3.63) is 0 Å². The largest absolute Gasteiger partial charge is 0.298 e. The van der Waals surface area contributed by atoms with Gasteiger partial charge in [-0.15, -0.1) is 0 Å². The Morgan fingerprint density at radius 2 is 1.89 bits per heavy atom. The standard InChI is InChI=1S/C16H30N2S/c1-14-11-17-10-6-7-15(17)12-18(14)13-16(19-2)8-4-3-5-9-16/h14-15H,3-13H2,1-2H3. The lowest BCUT2D eigenvalue weighted by Crippen LogP contribution is -2.58. The number of piperazine rings is 1. The highest BCUT2D eigenvalue weighted by Crippen LogP contribution is 2.40. The summed E-state index contributed by atoms with van der Waals surface area (Å²) in [5.41, 5.74) is 0. The molecule has 2 unspecified atom stereocenters. The molecule has 3 rings (SSSR count). The number of hydrogen-bond acceptors (Lipinski definition) is 3. The van der Waals surface area contributed by atoms with E-state index in [4.69, 9.17) is 0 Å². The highest BCUT2D eigenvalue weighted by Gasteiger charge is 2.39. The van der Waals surface area contributed by atoms with E-state index < -0.39 is 0 Å². The average Bonchev–Trinajstić information content (AvgIpc) is 2.87. The van der Waals surface area contributed by atoms with Gasteiger partial charge in [0.25, 0.3) is 0 Å². The lowest BCUT2D eigenvalue weighted by molar-refractivity contribution is 0.0487. The Morgan fingerprint density at radius 1 is 1.11 bits per heavy atom. The van der Waals surface area contributed by atoms with Gasteiger partial charge in [0.1, 0.15) is 0 Å². The first kappa shape index (κ1) is 14.2. The number of rotatable bonds is 3. The first-order valence-electron chi connectivity index (χ1n) is 8.26. The van der Waals surface area contributed by atoms with E-state index in [0.717, 1.165) is 12.1 Å². The Hall–Kier alpha value is 0.270. The van der Waals surface area contributed by atoms with E-state index in [1.54, 1.807) is 0 Å². The molecule has 2 atom stereocenters. The molecule has 19 heavy (non-hydrogen) atoms. The monoisotopic (exact) mass is 282 g/mol. The van der Waals surface area contributed by atoms with Crippen molar-refractivity contribution in [3.8, 4) is 0 Å². The highest BCUT2D eigenvalue weighted by atomic mass is 32.2. The third kappa shape index (κ3) is 2.98. The van der Waals surface area contributed by atoms with Gasteiger partial charge >= 0.3 is 0 Å². The Balaban J connectivity index is 1.64. The third-order valence-corrected chi connectivity index (χ3v) is 7.16. The molecule has 0 aromatic rings. The van der Waals surface area contributed by atoms with Gasteiger partial charge < -0.3 is 0 Å². The van der Waals surface area contributed by atoms with Crippen LogP contribution in [0.15, 0.2) is 0 Å². The zero-order valence-electron chi connectivity index (χ0n) is 12.7. The minimum atomic E-state index is 0.577. The molecule has 2 nitrogen and oxygen atoms in total. The fourth-order valence-corrected chi connectivity index (χ4v) is 5.45. The van der Waals surface area contributed by atoms with E-state index in [9.17, 15) is 0 Å². The number of thioether (sulfide) groups is 1. The van der Waals surface area contributed by atoms with Gasteiger partial charge in [-0.25, -0.2) is 0 Å². The molecule has 0 N–H and O–H groups in total. The summed E-state index contributed by atoms with van der Waals surface area (Å²) in [5.74, 6) is 0. The van der Waals surface area contributed by atoms with Gasteiger partial charge in [-0.05, 0) is 45.4 Å². The quantitative estimate of drug-likeness (QED) is 0.785. The van der Waals surface area contributed by atoms with E-state index in [-0.39, 0.29) is 0 Å². The molecule has 1 aliphatic carbocycles. The van der Waals surface area contributed by atoms with Crippen molar-refractivity contribution < 1.29 is 0 Å². The normalized spacial score (nSPS) is 36.3. The molecule has 3 heteroatoms. The Morgan fingerprint density at radius 3 is 2.63 bits per heavy atom. The van der Waals surface area contributed by atoms with Crippen LogP contribution in [-0.4, -0.2) is 59.1 Å². The van der Waals surface area contributed by atoms with Crippen LogP contribution in [0.3, 0.4) is 0 Å². The highest BCUT2D eigenvalue weighted by molar-refractivity contribution is 8.00. The fraction of sp³-hybridized carbons (Fsp3) is 1.00. The van der Waals surface area contributed by atoms with Gasteiger partial charge in [0, 0.05) is 36.5 Å². The van der Waals surface area contributed by atoms with Crippen molar-refractivity contribution in [3.63, 3.8) is 0 Å². The van der Waals surface area contributed by atoms with Crippen molar-refractivity contribution in [1.29, 1.82) is 0 Å². The molecule has 0 bridgehead atoms. The van der Waals surface area contributed by atoms with Crippen LogP contribution in [0.2, 0.25) is 0 Å². The first-order valence-corrected chi connectivity index (χ1v) is 9.48. The van der Waals surface area contributed by atoms with Crippen LogP contribution in [0.5, 0.6) is 0 Å². The van der Waals surface area contributed by atoms with E-state index in [1.807, 2.05) is 0 Å². The predicted molar refractivity (Wildman–Crippen MR) is 85.0 cm³/mol. The molecule has 2 aliphatic heterocycles. The summed E-state index contributed by atoms with van der Waals surface area (Å²) in [5, 5.41) is 0. The molecule has 2 saturated heterocycles. The molecule has 3 aliphatic rings. The van der Waals surface area contributed by atoms with Crippen molar-refractivity contribution in [2.24, 2.45) is 0 Å². The van der Waals surface area contributed by atoms with E-state index in [2.05, 4.69) is 34.7 Å². The van der Waals surface area contributed by atoms with Crippen LogP contribution in [0.25, 0.3) is 0 Å². The molecule has 0 aromatic heterocycles. The summed E-state index contributed by atoms with van der Waals surface area (Å²) in [6, 6.07) is 1.64. The summed E-state index contributed by atoms with van der Waals surface area (Å²) in [6.07, 6.45) is 12.5. The number of fused-ring (bicyclic) bond motifs is 1. The second-order valence-electron chi connectivity index (χ2n) is 7.02. The smallest absolute Gasteiger partial charge is 0.0284 e.